The lowest BCUT2D eigenvalue weighted by atomic mass is 9.94. The molecule has 7 nitrogen and oxygen atoms in total. The van der Waals surface area contributed by atoms with Crippen molar-refractivity contribution < 1.29 is 14.7 Å². The van der Waals surface area contributed by atoms with Gasteiger partial charge in [0.1, 0.15) is 0 Å². The molecule has 2 unspecified atom stereocenters. The monoisotopic (exact) mass is 506 g/mol. The van der Waals surface area contributed by atoms with Crippen LogP contribution in [0.25, 0.3) is 0 Å². The van der Waals surface area contributed by atoms with Crippen LogP contribution in [0.2, 0.25) is 5.02 Å². The van der Waals surface area contributed by atoms with E-state index in [9.17, 15) is 14.7 Å². The van der Waals surface area contributed by atoms with Crippen LogP contribution in [0.15, 0.2) is 46.9 Å². The second-order valence-corrected chi connectivity index (χ2v) is 9.09. The first-order chi connectivity index (χ1) is 14.8. The zero-order valence-corrected chi connectivity index (χ0v) is 19.4. The van der Waals surface area contributed by atoms with Gasteiger partial charge in [-0.25, -0.2) is 4.79 Å². The Hall–Kier alpha value is -2.13. The number of nitrogens with zero attached hydrogens (tertiary/aromatic N) is 2. The molecule has 0 radical (unpaired) electrons. The maximum atomic E-state index is 13.5. The Kier molecular flexibility index (Phi) is 6.25. The molecule has 4 rings (SSSR count). The molecule has 164 valence electrons. The Morgan fingerprint density at radius 2 is 2.06 bits per heavy atom. The van der Waals surface area contributed by atoms with Gasteiger partial charge in [0.2, 0.25) is 0 Å². The Bertz CT molecular complexity index is 1000. The van der Waals surface area contributed by atoms with E-state index in [4.69, 9.17) is 11.6 Å². The molecule has 2 aromatic rings. The van der Waals surface area contributed by atoms with Gasteiger partial charge in [-0.3, -0.25) is 14.6 Å². The average molecular weight is 508 g/mol. The highest BCUT2D eigenvalue weighted by Crippen LogP contribution is 2.41. The fourth-order valence-electron chi connectivity index (χ4n) is 4.35. The highest BCUT2D eigenvalue weighted by atomic mass is 79.9. The van der Waals surface area contributed by atoms with Crippen LogP contribution in [0, 0.1) is 0 Å². The lowest BCUT2D eigenvalue weighted by molar-refractivity contribution is -0.140. The topological polar surface area (TPSA) is 84.9 Å². The third-order valence-electron chi connectivity index (χ3n) is 5.93. The zero-order valence-electron chi connectivity index (χ0n) is 17.1. The summed E-state index contributed by atoms with van der Waals surface area (Å²) in [5.41, 5.74) is -1.22. The minimum atomic E-state index is -2.23. The molecule has 2 heterocycles. The molecule has 2 aliphatic rings. The van der Waals surface area contributed by atoms with Crippen LogP contribution in [0.1, 0.15) is 25.3 Å². The largest absolute Gasteiger partial charge is 0.359 e. The summed E-state index contributed by atoms with van der Waals surface area (Å²) in [7, 11) is 0. The van der Waals surface area contributed by atoms with E-state index >= 15 is 0 Å². The van der Waals surface area contributed by atoms with E-state index in [1.807, 2.05) is 0 Å². The van der Waals surface area contributed by atoms with Gasteiger partial charge < -0.3 is 15.7 Å². The number of carbonyl (C=O) groups excluding carboxylic acids is 2. The van der Waals surface area contributed by atoms with Crippen LogP contribution >= 0.6 is 27.5 Å². The lowest BCUT2D eigenvalue weighted by Crippen LogP contribution is -2.63. The summed E-state index contributed by atoms with van der Waals surface area (Å²) < 4.78 is 0.678. The molecule has 0 bridgehead atoms. The fraction of sp³-hybridized carbons (Fsp3) is 0.364. The quantitative estimate of drug-likeness (QED) is 0.573. The van der Waals surface area contributed by atoms with Crippen LogP contribution < -0.4 is 15.5 Å². The zero-order chi connectivity index (χ0) is 22.2. The Balaban J connectivity index is 1.73. The van der Waals surface area contributed by atoms with Gasteiger partial charge in [0, 0.05) is 33.3 Å². The second kappa shape index (κ2) is 8.78. The molecule has 3 N–H and O–H groups in total. The molecular weight excluding hydrogens is 484 g/mol. The number of anilines is 2. The van der Waals surface area contributed by atoms with Crippen LogP contribution in [-0.2, 0) is 10.5 Å². The molecule has 2 aliphatic heterocycles. The number of urea groups is 1. The number of rotatable bonds is 5. The van der Waals surface area contributed by atoms with Crippen molar-refractivity contribution in [2.24, 2.45) is 0 Å². The van der Waals surface area contributed by atoms with Crippen LogP contribution in [0.4, 0.5) is 16.2 Å². The first-order valence-electron chi connectivity index (χ1n) is 10.3. The fourth-order valence-corrected chi connectivity index (χ4v) is 4.83. The number of carbonyl (C=O) groups is 2. The number of nitrogens with one attached hydrogen (secondary N) is 2. The minimum Gasteiger partial charge on any atom is -0.359 e. The van der Waals surface area contributed by atoms with Gasteiger partial charge in [0.15, 0.2) is 0 Å². The summed E-state index contributed by atoms with van der Waals surface area (Å²) in [4.78, 5) is 29.9. The second-order valence-electron chi connectivity index (χ2n) is 7.74. The molecule has 1 fully saturated rings. The SMILES string of the molecule is CCN1CCCC1CNC(=O)C1(O)c2cc(Br)ccc2NC(=O)N1c1ccc(Cl)cc1. The average Bonchev–Trinajstić information content (AvgIpc) is 3.21. The molecular formula is C22H24BrClN4O3. The molecule has 0 spiro atoms. The number of halogens is 2. The summed E-state index contributed by atoms with van der Waals surface area (Å²) in [5.74, 6) is -0.653. The Labute approximate surface area is 194 Å². The number of likely N-dealkylation sites (tertiary alicyclic amines) is 1. The van der Waals surface area contributed by atoms with E-state index in [1.165, 1.54) is 0 Å². The molecule has 2 aromatic carbocycles. The van der Waals surface area contributed by atoms with Gasteiger partial charge in [-0.1, -0.05) is 34.5 Å². The summed E-state index contributed by atoms with van der Waals surface area (Å²) in [6.45, 7) is 4.39. The van der Waals surface area contributed by atoms with Crippen molar-refractivity contribution in [1.82, 2.24) is 10.2 Å². The van der Waals surface area contributed by atoms with Gasteiger partial charge in [-0.2, -0.15) is 0 Å². The Morgan fingerprint density at radius 1 is 1.32 bits per heavy atom. The van der Waals surface area contributed by atoms with Crippen molar-refractivity contribution in [2.75, 3.05) is 29.9 Å². The number of hydrogen-bond acceptors (Lipinski definition) is 4. The summed E-state index contributed by atoms with van der Waals surface area (Å²) >= 11 is 9.40. The third-order valence-corrected chi connectivity index (χ3v) is 6.68. The van der Waals surface area contributed by atoms with Crippen LogP contribution in [-0.4, -0.2) is 47.6 Å². The summed E-state index contributed by atoms with van der Waals surface area (Å²) in [6, 6.07) is 11.1. The number of aliphatic hydroxyl groups is 1. The predicted molar refractivity (Wildman–Crippen MR) is 124 cm³/mol. The molecule has 0 aliphatic carbocycles. The van der Waals surface area contributed by atoms with Crippen LogP contribution in [0.3, 0.4) is 0 Å². The smallest absolute Gasteiger partial charge is 0.329 e. The number of amides is 3. The number of hydrogen-bond donors (Lipinski definition) is 3. The van der Waals surface area contributed by atoms with Gasteiger partial charge in [0.05, 0.1) is 5.69 Å². The van der Waals surface area contributed by atoms with Crippen molar-refractivity contribution in [1.29, 1.82) is 0 Å². The molecule has 31 heavy (non-hydrogen) atoms. The van der Waals surface area contributed by atoms with Crippen LogP contribution in [0.5, 0.6) is 0 Å². The van der Waals surface area contributed by atoms with Gasteiger partial charge >= 0.3 is 6.03 Å². The molecule has 9 heteroatoms. The maximum absolute atomic E-state index is 13.5. The van der Waals surface area contributed by atoms with E-state index in [-0.39, 0.29) is 11.6 Å². The predicted octanol–water partition coefficient (Wildman–Crippen LogP) is 3.90. The number of benzene rings is 2. The van der Waals surface area contributed by atoms with E-state index in [1.54, 1.807) is 42.5 Å². The molecule has 0 saturated carbocycles. The third kappa shape index (κ3) is 4.05. The molecule has 1 saturated heterocycles. The molecule has 0 aromatic heterocycles. The van der Waals surface area contributed by atoms with Crippen molar-refractivity contribution in [3.8, 4) is 0 Å². The van der Waals surface area contributed by atoms with E-state index < -0.39 is 17.7 Å². The van der Waals surface area contributed by atoms with Gasteiger partial charge in [-0.15, -0.1) is 0 Å². The van der Waals surface area contributed by atoms with Crippen molar-refractivity contribution in [3.63, 3.8) is 0 Å². The standard InChI is InChI=1S/C22H24BrClN4O3/c1-2-27-11-3-4-17(27)13-25-20(29)22(31)18-12-14(23)5-10-19(18)26-21(30)28(22)16-8-6-15(24)7-9-16/h5-10,12,17,31H,2-4,11,13H2,1H3,(H,25,29)(H,26,30). The van der Waals surface area contributed by atoms with E-state index in [0.29, 0.717) is 27.4 Å². The van der Waals surface area contributed by atoms with E-state index in [2.05, 4.69) is 38.4 Å². The first-order valence-corrected chi connectivity index (χ1v) is 11.4. The highest BCUT2D eigenvalue weighted by Gasteiger charge is 2.52. The van der Waals surface area contributed by atoms with E-state index in [0.717, 1.165) is 30.8 Å². The van der Waals surface area contributed by atoms with Gasteiger partial charge in [0.25, 0.3) is 11.6 Å². The van der Waals surface area contributed by atoms with Crippen molar-refractivity contribution in [3.05, 3.63) is 57.5 Å². The first kappa shape index (κ1) is 22.1. The van der Waals surface area contributed by atoms with Crippen molar-refractivity contribution in [2.45, 2.75) is 31.5 Å². The van der Waals surface area contributed by atoms with Crippen molar-refractivity contribution >= 4 is 50.8 Å². The van der Waals surface area contributed by atoms with Gasteiger partial charge in [-0.05, 0) is 68.4 Å². The maximum Gasteiger partial charge on any atom is 0.329 e. The highest BCUT2D eigenvalue weighted by molar-refractivity contribution is 9.10. The summed E-state index contributed by atoms with van der Waals surface area (Å²) in [6.07, 6.45) is 2.06. The number of fused-ring (bicyclic) bond motifs is 1. The normalized spacial score (nSPS) is 23.4. The summed E-state index contributed by atoms with van der Waals surface area (Å²) in [5, 5.41) is 18.0. The Morgan fingerprint density at radius 3 is 2.77 bits per heavy atom. The number of likely N-dealkylation sites (N-methyl/N-ethyl adjacent to an activating group) is 1. The minimum absolute atomic E-state index is 0.209. The molecule has 2 atom stereocenters. The lowest BCUT2D eigenvalue weighted by Gasteiger charge is -2.43. The molecule has 3 amide bonds.